The number of hydrogen-bond donors (Lipinski definition) is 2. The zero-order chi connectivity index (χ0) is 22.6. The van der Waals surface area contributed by atoms with Gasteiger partial charge in [0.2, 0.25) is 10.0 Å². The van der Waals surface area contributed by atoms with E-state index < -0.39 is 21.7 Å². The Kier molecular flexibility index (Phi) is 6.91. The smallest absolute Gasteiger partial charge is 0.255 e. The molecule has 0 aliphatic carbocycles. The first-order valence-corrected chi connectivity index (χ1v) is 12.0. The largest absolute Gasteiger partial charge is 0.496 e. The lowest BCUT2D eigenvalue weighted by Crippen LogP contribution is -2.44. The van der Waals surface area contributed by atoms with E-state index in [1.54, 1.807) is 6.92 Å². The molecule has 1 atom stereocenters. The number of amides is 1. The van der Waals surface area contributed by atoms with Crippen molar-refractivity contribution in [3.63, 3.8) is 0 Å². The highest BCUT2D eigenvalue weighted by atomic mass is 32.2. The Labute approximate surface area is 184 Å². The minimum Gasteiger partial charge on any atom is -0.496 e. The van der Waals surface area contributed by atoms with Gasteiger partial charge in [-0.25, -0.2) is 13.1 Å². The number of rotatable bonds is 8. The van der Waals surface area contributed by atoms with E-state index in [4.69, 9.17) is 9.47 Å². The molecule has 0 saturated carbocycles. The summed E-state index contributed by atoms with van der Waals surface area (Å²) in [5.74, 6) is 0.629. The number of ether oxygens (including phenoxy) is 2. The molecule has 1 heterocycles. The molecule has 2 N–H and O–H groups in total. The van der Waals surface area contributed by atoms with Gasteiger partial charge in [-0.15, -0.1) is 0 Å². The van der Waals surface area contributed by atoms with Crippen LogP contribution in [0.15, 0.2) is 47.4 Å². The molecule has 0 unspecified atom stereocenters. The van der Waals surface area contributed by atoms with Gasteiger partial charge in [0.15, 0.2) is 0 Å². The second-order valence-electron chi connectivity index (χ2n) is 7.63. The van der Waals surface area contributed by atoms with Gasteiger partial charge in [0.1, 0.15) is 17.1 Å². The van der Waals surface area contributed by atoms with Gasteiger partial charge in [-0.05, 0) is 44.0 Å². The maximum Gasteiger partial charge on any atom is 0.255 e. The first kappa shape index (κ1) is 23.1. The molecular weight excluding hydrogens is 416 g/mol. The molecule has 8 heteroatoms. The van der Waals surface area contributed by atoms with Crippen molar-refractivity contribution in [3.05, 3.63) is 53.6 Å². The molecule has 0 bridgehead atoms. The van der Waals surface area contributed by atoms with Crippen LogP contribution in [-0.4, -0.2) is 33.6 Å². The van der Waals surface area contributed by atoms with Crippen LogP contribution in [0, 0.1) is 0 Å². The number of carbonyl (C=O) groups excluding carboxylic acids is 1. The van der Waals surface area contributed by atoms with Gasteiger partial charge >= 0.3 is 0 Å². The Morgan fingerprint density at radius 1 is 1.16 bits per heavy atom. The predicted octanol–water partition coefficient (Wildman–Crippen LogP) is 3.81. The van der Waals surface area contributed by atoms with Crippen LogP contribution < -0.4 is 19.5 Å². The molecule has 31 heavy (non-hydrogen) atoms. The van der Waals surface area contributed by atoms with Crippen molar-refractivity contribution in [1.82, 2.24) is 10.0 Å². The van der Waals surface area contributed by atoms with Crippen molar-refractivity contribution >= 4 is 15.9 Å². The summed E-state index contributed by atoms with van der Waals surface area (Å²) in [6.45, 7) is 6.31. The molecule has 2 aromatic carbocycles. The standard InChI is InChI=1S/C23H30N2O5S/c1-5-23(6-2)15-19(17-10-8-9-11-21(17)30-23)25-31(27,28)16-12-13-20(29-4)18(14-16)22(26)24-7-3/h8-14,19,25H,5-7,15H2,1-4H3,(H,24,26)/t19-/m0/s1. The third kappa shape index (κ3) is 4.70. The fraction of sp³-hybridized carbons (Fsp3) is 0.435. The van der Waals surface area contributed by atoms with Gasteiger partial charge in [0, 0.05) is 18.5 Å². The van der Waals surface area contributed by atoms with Crippen molar-refractivity contribution in [2.75, 3.05) is 13.7 Å². The van der Waals surface area contributed by atoms with Crippen LogP contribution in [0.25, 0.3) is 0 Å². The lowest BCUT2D eigenvalue weighted by Gasteiger charge is -2.41. The van der Waals surface area contributed by atoms with Crippen LogP contribution in [0.2, 0.25) is 0 Å². The molecule has 168 valence electrons. The second-order valence-corrected chi connectivity index (χ2v) is 9.34. The molecule has 2 aromatic rings. The molecule has 0 spiro atoms. The zero-order valence-corrected chi connectivity index (χ0v) is 19.2. The Morgan fingerprint density at radius 3 is 2.52 bits per heavy atom. The highest BCUT2D eigenvalue weighted by Gasteiger charge is 2.40. The highest BCUT2D eigenvalue weighted by molar-refractivity contribution is 7.89. The Bertz CT molecular complexity index is 1050. The van der Waals surface area contributed by atoms with Crippen molar-refractivity contribution in [2.24, 2.45) is 0 Å². The van der Waals surface area contributed by atoms with Crippen molar-refractivity contribution < 1.29 is 22.7 Å². The van der Waals surface area contributed by atoms with Crippen molar-refractivity contribution in [3.8, 4) is 11.5 Å². The monoisotopic (exact) mass is 446 g/mol. The van der Waals surface area contributed by atoms with Crippen LogP contribution in [0.1, 0.15) is 62.0 Å². The van der Waals surface area contributed by atoms with Crippen LogP contribution in [-0.2, 0) is 10.0 Å². The summed E-state index contributed by atoms with van der Waals surface area (Å²) >= 11 is 0. The molecule has 0 radical (unpaired) electrons. The van der Waals surface area contributed by atoms with Crippen LogP contribution >= 0.6 is 0 Å². The van der Waals surface area contributed by atoms with Gasteiger partial charge in [-0.2, -0.15) is 0 Å². The molecule has 3 rings (SSSR count). The summed E-state index contributed by atoms with van der Waals surface area (Å²) < 4.78 is 41.0. The van der Waals surface area contributed by atoms with E-state index in [0.29, 0.717) is 24.5 Å². The number of methoxy groups -OCH3 is 1. The summed E-state index contributed by atoms with van der Waals surface area (Å²) in [6, 6.07) is 11.4. The first-order valence-electron chi connectivity index (χ1n) is 10.6. The van der Waals surface area contributed by atoms with Gasteiger partial charge in [-0.1, -0.05) is 32.0 Å². The number of fused-ring (bicyclic) bond motifs is 1. The van der Waals surface area contributed by atoms with E-state index in [1.165, 1.54) is 25.3 Å². The number of sulfonamides is 1. The summed E-state index contributed by atoms with van der Waals surface area (Å²) in [5, 5.41) is 2.68. The van der Waals surface area contributed by atoms with E-state index in [1.807, 2.05) is 38.1 Å². The normalized spacial score (nSPS) is 17.4. The maximum atomic E-state index is 13.3. The summed E-state index contributed by atoms with van der Waals surface area (Å²) in [7, 11) is -2.46. The maximum absolute atomic E-state index is 13.3. The van der Waals surface area contributed by atoms with Crippen LogP contribution in [0.5, 0.6) is 11.5 Å². The summed E-state index contributed by atoms with van der Waals surface area (Å²) in [4.78, 5) is 12.4. The SMILES string of the molecule is CCNC(=O)c1cc(S(=O)(=O)N[C@H]2CC(CC)(CC)Oc3ccccc32)ccc1OC. The third-order valence-electron chi connectivity index (χ3n) is 5.85. The summed E-state index contributed by atoms with van der Waals surface area (Å²) in [5.41, 5.74) is 0.547. The first-order chi connectivity index (χ1) is 14.8. The van der Waals surface area contributed by atoms with Crippen molar-refractivity contribution in [2.45, 2.75) is 56.6 Å². The number of benzene rings is 2. The molecule has 1 amide bonds. The number of nitrogens with one attached hydrogen (secondary N) is 2. The molecule has 1 aliphatic rings. The minimum atomic E-state index is -3.91. The number of carbonyl (C=O) groups is 1. The molecule has 0 saturated heterocycles. The minimum absolute atomic E-state index is 0.0112. The Balaban J connectivity index is 1.98. The van der Waals surface area contributed by atoms with E-state index in [-0.39, 0.29) is 16.4 Å². The fourth-order valence-corrected chi connectivity index (χ4v) is 5.19. The topological polar surface area (TPSA) is 93.7 Å². The molecule has 0 fully saturated rings. The van der Waals surface area contributed by atoms with E-state index in [9.17, 15) is 13.2 Å². The highest BCUT2D eigenvalue weighted by Crippen LogP contribution is 2.43. The van der Waals surface area contributed by atoms with Crippen LogP contribution in [0.4, 0.5) is 0 Å². The van der Waals surface area contributed by atoms with Gasteiger partial charge in [0.05, 0.1) is 23.6 Å². The Hall–Kier alpha value is -2.58. The quantitative estimate of drug-likeness (QED) is 0.643. The Morgan fingerprint density at radius 2 is 1.87 bits per heavy atom. The van der Waals surface area contributed by atoms with Gasteiger partial charge in [-0.3, -0.25) is 4.79 Å². The summed E-state index contributed by atoms with van der Waals surface area (Å²) in [6.07, 6.45) is 2.05. The number of para-hydroxylation sites is 1. The average Bonchev–Trinajstić information content (AvgIpc) is 2.78. The molecular formula is C23H30N2O5S. The molecule has 7 nitrogen and oxygen atoms in total. The van der Waals surface area contributed by atoms with E-state index >= 15 is 0 Å². The second kappa shape index (κ2) is 9.28. The zero-order valence-electron chi connectivity index (χ0n) is 18.4. The van der Waals surface area contributed by atoms with Crippen LogP contribution in [0.3, 0.4) is 0 Å². The van der Waals surface area contributed by atoms with Gasteiger partial charge < -0.3 is 14.8 Å². The molecule has 1 aliphatic heterocycles. The lowest BCUT2D eigenvalue weighted by molar-refractivity contribution is 0.0260. The lowest BCUT2D eigenvalue weighted by atomic mass is 9.84. The van der Waals surface area contributed by atoms with E-state index in [2.05, 4.69) is 10.0 Å². The average molecular weight is 447 g/mol. The third-order valence-corrected chi connectivity index (χ3v) is 7.32. The van der Waals surface area contributed by atoms with E-state index in [0.717, 1.165) is 18.4 Å². The molecule has 0 aromatic heterocycles. The number of hydrogen-bond acceptors (Lipinski definition) is 5. The van der Waals surface area contributed by atoms with Gasteiger partial charge in [0.25, 0.3) is 5.91 Å². The fourth-order valence-electron chi connectivity index (χ4n) is 3.95. The van der Waals surface area contributed by atoms with Crippen molar-refractivity contribution in [1.29, 1.82) is 0 Å². The predicted molar refractivity (Wildman–Crippen MR) is 119 cm³/mol.